The molecular formula is C25H42N6O. The predicted octanol–water partition coefficient (Wildman–Crippen LogP) is 2.60. The molecule has 1 amide bonds. The van der Waals surface area contributed by atoms with Gasteiger partial charge >= 0.3 is 0 Å². The Morgan fingerprint density at radius 3 is 2.75 bits per heavy atom. The minimum absolute atomic E-state index is 0.340. The summed E-state index contributed by atoms with van der Waals surface area (Å²) in [5.41, 5.74) is 8.24. The number of aromatic nitrogens is 2. The minimum atomic E-state index is 0.340. The van der Waals surface area contributed by atoms with Crippen LogP contribution in [0.3, 0.4) is 0 Å². The van der Waals surface area contributed by atoms with Gasteiger partial charge in [0.05, 0.1) is 0 Å². The van der Waals surface area contributed by atoms with Crippen LogP contribution in [0.15, 0.2) is 6.20 Å². The number of fused-ring (bicyclic) bond motifs is 2. The molecule has 0 aromatic carbocycles. The Balaban J connectivity index is 1.37. The third-order valence-corrected chi connectivity index (χ3v) is 7.84. The molecule has 1 aromatic rings. The number of nitrogens with two attached hydrogens (primary N) is 1. The number of nitrogen functional groups attached to an aromatic ring is 1. The van der Waals surface area contributed by atoms with Crippen LogP contribution >= 0.6 is 0 Å². The lowest BCUT2D eigenvalue weighted by molar-refractivity contribution is -0.133. The van der Waals surface area contributed by atoms with E-state index < -0.39 is 0 Å². The fourth-order valence-corrected chi connectivity index (χ4v) is 6.19. The number of hydrogen-bond donors (Lipinski definition) is 1. The van der Waals surface area contributed by atoms with Crippen LogP contribution in [0.25, 0.3) is 0 Å². The summed E-state index contributed by atoms with van der Waals surface area (Å²) >= 11 is 0. The van der Waals surface area contributed by atoms with Gasteiger partial charge in [0.25, 0.3) is 0 Å². The molecule has 32 heavy (non-hydrogen) atoms. The van der Waals surface area contributed by atoms with E-state index in [1.165, 1.54) is 37.9 Å². The highest BCUT2D eigenvalue weighted by Crippen LogP contribution is 2.37. The lowest BCUT2D eigenvalue weighted by Gasteiger charge is -2.47. The maximum atomic E-state index is 13.2. The highest BCUT2D eigenvalue weighted by atomic mass is 16.2. The molecule has 7 nitrogen and oxygen atoms in total. The van der Waals surface area contributed by atoms with Crippen molar-refractivity contribution in [3.05, 3.63) is 17.5 Å². The summed E-state index contributed by atoms with van der Waals surface area (Å²) in [6.45, 7) is 11.6. The van der Waals surface area contributed by atoms with Gasteiger partial charge in [0.15, 0.2) is 0 Å². The topological polar surface area (TPSA) is 78.6 Å². The standard InChI is InChI=1S/C25H42N6O/c1-3-8-31-18-19(13-20-15-22-21(16-23(20)31)17-27-25(26)28-22)14-24(32)30(4-2)12-11-29-9-6-5-7-10-29/h17,19-20,23H,3-16,18H2,1-2H3,(H2,26,27,28)/t19-,20-,23-/m1/s1. The highest BCUT2D eigenvalue weighted by Gasteiger charge is 2.40. The second-order valence-corrected chi connectivity index (χ2v) is 10.1. The molecule has 2 saturated heterocycles. The predicted molar refractivity (Wildman–Crippen MR) is 128 cm³/mol. The van der Waals surface area contributed by atoms with Crippen molar-refractivity contribution in [3.8, 4) is 0 Å². The van der Waals surface area contributed by atoms with Crippen molar-refractivity contribution in [1.82, 2.24) is 24.7 Å². The van der Waals surface area contributed by atoms with E-state index in [9.17, 15) is 4.79 Å². The molecule has 1 aliphatic carbocycles. The molecule has 0 radical (unpaired) electrons. The van der Waals surface area contributed by atoms with Crippen LogP contribution in [0, 0.1) is 11.8 Å². The van der Waals surface area contributed by atoms with Crippen molar-refractivity contribution in [2.45, 2.75) is 71.3 Å². The number of anilines is 1. The van der Waals surface area contributed by atoms with Crippen LogP contribution in [0.4, 0.5) is 5.95 Å². The van der Waals surface area contributed by atoms with Crippen LogP contribution in [-0.2, 0) is 17.6 Å². The average molecular weight is 443 g/mol. The number of nitrogens with zero attached hydrogens (tertiary/aromatic N) is 5. The van der Waals surface area contributed by atoms with Crippen LogP contribution in [0.1, 0.15) is 63.6 Å². The first kappa shape index (κ1) is 23.4. The zero-order chi connectivity index (χ0) is 22.5. The van der Waals surface area contributed by atoms with Gasteiger partial charge in [-0.3, -0.25) is 9.69 Å². The summed E-state index contributed by atoms with van der Waals surface area (Å²) in [7, 11) is 0. The van der Waals surface area contributed by atoms with E-state index in [2.05, 4.69) is 38.5 Å². The number of likely N-dealkylation sites (N-methyl/N-ethyl adjacent to an activating group) is 1. The first-order valence-corrected chi connectivity index (χ1v) is 12.9. The molecule has 178 valence electrons. The van der Waals surface area contributed by atoms with Gasteiger partial charge in [-0.15, -0.1) is 0 Å². The number of rotatable bonds is 8. The molecule has 2 N–H and O–H groups in total. The molecule has 0 spiro atoms. The minimum Gasteiger partial charge on any atom is -0.368 e. The quantitative estimate of drug-likeness (QED) is 0.667. The lowest BCUT2D eigenvalue weighted by atomic mass is 9.73. The molecule has 4 rings (SSSR count). The van der Waals surface area contributed by atoms with Gasteiger partial charge in [-0.1, -0.05) is 13.3 Å². The van der Waals surface area contributed by atoms with Gasteiger partial charge in [-0.25, -0.2) is 9.97 Å². The number of hydrogen-bond acceptors (Lipinski definition) is 6. The number of piperidine rings is 2. The molecule has 2 aliphatic heterocycles. The van der Waals surface area contributed by atoms with Gasteiger partial charge < -0.3 is 15.5 Å². The molecule has 7 heteroatoms. The third-order valence-electron chi connectivity index (χ3n) is 7.84. The van der Waals surface area contributed by atoms with Crippen molar-refractivity contribution in [2.75, 3.05) is 51.5 Å². The molecular weight excluding hydrogens is 400 g/mol. The van der Waals surface area contributed by atoms with E-state index in [0.29, 0.717) is 36.2 Å². The number of amides is 1. The van der Waals surface area contributed by atoms with E-state index in [4.69, 9.17) is 5.73 Å². The molecule has 3 heterocycles. The number of likely N-dealkylation sites (tertiary alicyclic amines) is 2. The van der Waals surface area contributed by atoms with Gasteiger partial charge in [0.1, 0.15) is 0 Å². The molecule has 3 aliphatic rings. The Bertz CT molecular complexity index is 765. The Morgan fingerprint density at radius 1 is 1.19 bits per heavy atom. The van der Waals surface area contributed by atoms with Crippen molar-refractivity contribution in [1.29, 1.82) is 0 Å². The second kappa shape index (κ2) is 10.9. The van der Waals surface area contributed by atoms with E-state index >= 15 is 0 Å². The average Bonchev–Trinajstić information content (AvgIpc) is 2.79. The summed E-state index contributed by atoms with van der Waals surface area (Å²) in [5, 5.41) is 0. The zero-order valence-corrected chi connectivity index (χ0v) is 20.1. The zero-order valence-electron chi connectivity index (χ0n) is 20.1. The molecule has 2 fully saturated rings. The third kappa shape index (κ3) is 5.60. The fourth-order valence-electron chi connectivity index (χ4n) is 6.19. The Hall–Kier alpha value is -1.73. The van der Waals surface area contributed by atoms with Crippen molar-refractivity contribution < 1.29 is 4.79 Å². The summed E-state index contributed by atoms with van der Waals surface area (Å²) in [6.07, 6.45) is 10.8. The summed E-state index contributed by atoms with van der Waals surface area (Å²) in [4.78, 5) is 29.3. The van der Waals surface area contributed by atoms with Crippen molar-refractivity contribution in [2.24, 2.45) is 11.8 Å². The van der Waals surface area contributed by atoms with Crippen molar-refractivity contribution >= 4 is 11.9 Å². The molecule has 0 bridgehead atoms. The maximum Gasteiger partial charge on any atom is 0.222 e. The fraction of sp³-hybridized carbons (Fsp3) is 0.800. The summed E-state index contributed by atoms with van der Waals surface area (Å²) < 4.78 is 0. The van der Waals surface area contributed by atoms with Gasteiger partial charge in [-0.05, 0) is 82.5 Å². The number of carbonyl (C=O) groups excluding carboxylic acids is 1. The second-order valence-electron chi connectivity index (χ2n) is 10.1. The SMILES string of the molecule is CCCN1C[C@@H](CC(=O)N(CC)CCN2CCCCC2)C[C@@H]2Cc3nc(N)ncc3C[C@H]21. The highest BCUT2D eigenvalue weighted by molar-refractivity contribution is 5.76. The van der Waals surface area contributed by atoms with E-state index in [1.807, 2.05) is 6.20 Å². The van der Waals surface area contributed by atoms with Crippen LogP contribution in [0.5, 0.6) is 0 Å². The Kier molecular flexibility index (Phi) is 8.00. The molecule has 0 saturated carbocycles. The molecule has 0 unspecified atom stereocenters. The molecule has 1 aromatic heterocycles. The Labute approximate surface area is 193 Å². The van der Waals surface area contributed by atoms with E-state index in [0.717, 1.165) is 64.1 Å². The summed E-state index contributed by atoms with van der Waals surface area (Å²) in [5.74, 6) is 1.70. The summed E-state index contributed by atoms with van der Waals surface area (Å²) in [6, 6.07) is 0.544. The van der Waals surface area contributed by atoms with Crippen molar-refractivity contribution in [3.63, 3.8) is 0 Å². The van der Waals surface area contributed by atoms with Gasteiger partial charge in [-0.2, -0.15) is 0 Å². The Morgan fingerprint density at radius 2 is 2.00 bits per heavy atom. The van der Waals surface area contributed by atoms with Crippen LogP contribution in [-0.4, -0.2) is 82.4 Å². The first-order chi connectivity index (χ1) is 15.6. The maximum absolute atomic E-state index is 13.2. The normalized spacial score (nSPS) is 26.4. The van der Waals surface area contributed by atoms with Crippen LogP contribution in [0.2, 0.25) is 0 Å². The number of carbonyl (C=O) groups is 1. The van der Waals surface area contributed by atoms with Gasteiger partial charge in [0, 0.05) is 50.5 Å². The van der Waals surface area contributed by atoms with Gasteiger partial charge in [0.2, 0.25) is 11.9 Å². The van der Waals surface area contributed by atoms with E-state index in [1.54, 1.807) is 0 Å². The largest absolute Gasteiger partial charge is 0.368 e. The monoisotopic (exact) mass is 442 g/mol. The first-order valence-electron chi connectivity index (χ1n) is 12.9. The molecule has 3 atom stereocenters. The smallest absolute Gasteiger partial charge is 0.222 e. The van der Waals surface area contributed by atoms with E-state index in [-0.39, 0.29) is 0 Å². The van der Waals surface area contributed by atoms with Crippen LogP contribution < -0.4 is 5.73 Å². The lowest BCUT2D eigenvalue weighted by Crippen LogP contribution is -2.53.